The molecule has 0 aliphatic carbocycles. The van der Waals surface area contributed by atoms with Crippen LogP contribution >= 0.6 is 11.3 Å². The molecule has 5 heteroatoms. The third-order valence-corrected chi connectivity index (χ3v) is 4.06. The van der Waals surface area contributed by atoms with Crippen LogP contribution in [0, 0.1) is 5.92 Å². The lowest BCUT2D eigenvalue weighted by molar-refractivity contribution is -0.141. The summed E-state index contributed by atoms with van der Waals surface area (Å²) < 4.78 is 1.06. The molecule has 1 aromatic heterocycles. The average Bonchev–Trinajstić information content (AvgIpc) is 2.81. The van der Waals surface area contributed by atoms with Crippen LogP contribution in [0.1, 0.15) is 16.6 Å². The van der Waals surface area contributed by atoms with Crippen LogP contribution in [0.25, 0.3) is 10.1 Å². The van der Waals surface area contributed by atoms with Gasteiger partial charge in [0, 0.05) is 18.3 Å². The van der Waals surface area contributed by atoms with E-state index in [2.05, 4.69) is 0 Å². The molecule has 0 radical (unpaired) electrons. The number of benzene rings is 1. The summed E-state index contributed by atoms with van der Waals surface area (Å²) in [4.78, 5) is 25.1. The lowest BCUT2D eigenvalue weighted by Gasteiger charge is -2.18. The molecule has 2 aromatic rings. The van der Waals surface area contributed by atoms with Crippen LogP contribution < -0.4 is 0 Å². The second-order valence-electron chi connectivity index (χ2n) is 4.57. The first kappa shape index (κ1) is 13.5. The highest BCUT2D eigenvalue weighted by atomic mass is 32.1. The summed E-state index contributed by atoms with van der Waals surface area (Å²) in [6.07, 6.45) is 0. The van der Waals surface area contributed by atoms with Gasteiger partial charge in [0.25, 0.3) is 5.91 Å². The van der Waals surface area contributed by atoms with E-state index in [1.807, 2.05) is 30.3 Å². The van der Waals surface area contributed by atoms with Crippen LogP contribution in [0.15, 0.2) is 30.3 Å². The number of carbonyl (C=O) groups is 2. The lowest BCUT2D eigenvalue weighted by Crippen LogP contribution is -2.33. The van der Waals surface area contributed by atoms with E-state index in [4.69, 9.17) is 5.11 Å². The van der Waals surface area contributed by atoms with E-state index < -0.39 is 11.9 Å². The maximum absolute atomic E-state index is 12.2. The summed E-state index contributed by atoms with van der Waals surface area (Å²) in [5.74, 6) is -1.59. The van der Waals surface area contributed by atoms with Crippen LogP contribution in [-0.4, -0.2) is 35.5 Å². The van der Waals surface area contributed by atoms with Gasteiger partial charge in [-0.1, -0.05) is 25.1 Å². The quantitative estimate of drug-likeness (QED) is 0.934. The highest BCUT2D eigenvalue weighted by Crippen LogP contribution is 2.26. The number of aliphatic carboxylic acids is 1. The Bertz CT molecular complexity index is 587. The van der Waals surface area contributed by atoms with E-state index in [1.54, 1.807) is 14.0 Å². The number of carboxylic acid groups (broad SMARTS) is 1. The fourth-order valence-corrected chi connectivity index (χ4v) is 2.90. The molecule has 1 atom stereocenters. The number of carbonyl (C=O) groups excluding carboxylic acids is 1. The van der Waals surface area contributed by atoms with E-state index in [0.717, 1.165) is 10.1 Å². The second-order valence-corrected chi connectivity index (χ2v) is 5.66. The number of rotatable bonds is 4. The van der Waals surface area contributed by atoms with Crippen molar-refractivity contribution in [3.8, 4) is 0 Å². The minimum absolute atomic E-state index is 0.130. The number of thiophene rings is 1. The molecule has 1 N–H and O–H groups in total. The number of hydrogen-bond acceptors (Lipinski definition) is 3. The SMILES string of the molecule is CC(CN(C)C(=O)c1cc2ccccc2s1)C(=O)O. The largest absolute Gasteiger partial charge is 0.481 e. The Balaban J connectivity index is 2.16. The molecule has 1 aromatic carbocycles. The molecule has 0 saturated heterocycles. The van der Waals surface area contributed by atoms with Gasteiger partial charge in [0.1, 0.15) is 0 Å². The highest BCUT2D eigenvalue weighted by Gasteiger charge is 2.19. The molecular weight excluding hydrogens is 262 g/mol. The van der Waals surface area contributed by atoms with Gasteiger partial charge in [0.15, 0.2) is 0 Å². The molecule has 2 rings (SSSR count). The van der Waals surface area contributed by atoms with Gasteiger partial charge in [-0.3, -0.25) is 9.59 Å². The summed E-state index contributed by atoms with van der Waals surface area (Å²) in [6, 6.07) is 9.65. The number of amides is 1. The molecule has 0 saturated carbocycles. The molecule has 0 aliphatic heterocycles. The first-order valence-electron chi connectivity index (χ1n) is 5.96. The fraction of sp³-hybridized carbons (Fsp3) is 0.286. The van der Waals surface area contributed by atoms with Crippen molar-refractivity contribution in [3.05, 3.63) is 35.2 Å². The van der Waals surface area contributed by atoms with Gasteiger partial charge in [-0.25, -0.2) is 0 Å². The molecule has 0 spiro atoms. The van der Waals surface area contributed by atoms with Crippen LogP contribution in [-0.2, 0) is 4.79 Å². The number of carboxylic acids is 1. The third-order valence-electron chi connectivity index (χ3n) is 2.95. The van der Waals surface area contributed by atoms with Crippen LogP contribution in [0.3, 0.4) is 0 Å². The fourth-order valence-electron chi connectivity index (χ4n) is 1.85. The molecule has 1 heterocycles. The highest BCUT2D eigenvalue weighted by molar-refractivity contribution is 7.20. The predicted molar refractivity (Wildman–Crippen MR) is 75.6 cm³/mol. The molecule has 1 unspecified atom stereocenters. The van der Waals surface area contributed by atoms with Gasteiger partial charge >= 0.3 is 5.97 Å². The van der Waals surface area contributed by atoms with Crippen LogP contribution in [0.5, 0.6) is 0 Å². The first-order valence-corrected chi connectivity index (χ1v) is 6.77. The summed E-state index contributed by atoms with van der Waals surface area (Å²) in [7, 11) is 1.63. The minimum atomic E-state index is -0.893. The third kappa shape index (κ3) is 2.93. The summed E-state index contributed by atoms with van der Waals surface area (Å²) in [6.45, 7) is 1.81. The van der Waals surface area contributed by atoms with Crippen molar-refractivity contribution in [2.24, 2.45) is 5.92 Å². The number of nitrogens with zero attached hydrogens (tertiary/aromatic N) is 1. The Morgan fingerprint density at radius 2 is 2.05 bits per heavy atom. The molecule has 0 aliphatic rings. The zero-order valence-electron chi connectivity index (χ0n) is 10.8. The maximum Gasteiger partial charge on any atom is 0.308 e. The van der Waals surface area contributed by atoms with Crippen LogP contribution in [0.2, 0.25) is 0 Å². The molecule has 0 fully saturated rings. The molecule has 19 heavy (non-hydrogen) atoms. The zero-order valence-corrected chi connectivity index (χ0v) is 11.6. The van der Waals surface area contributed by atoms with Crippen molar-refractivity contribution in [3.63, 3.8) is 0 Å². The van der Waals surface area contributed by atoms with Gasteiger partial charge in [0.2, 0.25) is 0 Å². The smallest absolute Gasteiger partial charge is 0.308 e. The standard InChI is InChI=1S/C14H15NO3S/c1-9(14(17)18)8-15(2)13(16)12-7-10-5-3-4-6-11(10)19-12/h3-7,9H,8H2,1-2H3,(H,17,18). The summed E-state index contributed by atoms with van der Waals surface area (Å²) in [5.41, 5.74) is 0. The maximum atomic E-state index is 12.2. The Kier molecular flexibility index (Phi) is 3.85. The Morgan fingerprint density at radius 3 is 2.68 bits per heavy atom. The number of hydrogen-bond donors (Lipinski definition) is 1. The van der Waals surface area contributed by atoms with E-state index in [0.29, 0.717) is 4.88 Å². The summed E-state index contributed by atoms with van der Waals surface area (Å²) >= 11 is 1.43. The van der Waals surface area contributed by atoms with E-state index >= 15 is 0 Å². The molecule has 0 bridgehead atoms. The van der Waals surface area contributed by atoms with E-state index in [1.165, 1.54) is 16.2 Å². The zero-order chi connectivity index (χ0) is 14.0. The Labute approximate surface area is 115 Å². The first-order chi connectivity index (χ1) is 8.99. The molecule has 1 amide bonds. The molecule has 100 valence electrons. The van der Waals surface area contributed by atoms with Crippen molar-refractivity contribution >= 4 is 33.3 Å². The van der Waals surface area contributed by atoms with Crippen LogP contribution in [0.4, 0.5) is 0 Å². The van der Waals surface area contributed by atoms with Crippen molar-refractivity contribution in [2.45, 2.75) is 6.92 Å². The van der Waals surface area contributed by atoms with E-state index in [-0.39, 0.29) is 12.5 Å². The Morgan fingerprint density at radius 1 is 1.37 bits per heavy atom. The summed E-state index contributed by atoms with van der Waals surface area (Å²) in [5, 5.41) is 9.90. The number of fused-ring (bicyclic) bond motifs is 1. The molecular formula is C14H15NO3S. The van der Waals surface area contributed by atoms with Gasteiger partial charge in [-0.15, -0.1) is 11.3 Å². The van der Waals surface area contributed by atoms with E-state index in [9.17, 15) is 9.59 Å². The minimum Gasteiger partial charge on any atom is -0.481 e. The predicted octanol–water partition coefficient (Wildman–Crippen LogP) is 2.69. The normalized spacial score (nSPS) is 12.3. The molecule has 4 nitrogen and oxygen atoms in total. The van der Waals surface area contributed by atoms with Gasteiger partial charge in [-0.05, 0) is 17.5 Å². The van der Waals surface area contributed by atoms with Gasteiger partial charge in [-0.2, -0.15) is 0 Å². The second kappa shape index (κ2) is 5.40. The van der Waals surface area contributed by atoms with Gasteiger partial charge < -0.3 is 10.0 Å². The van der Waals surface area contributed by atoms with Crippen molar-refractivity contribution in [1.82, 2.24) is 4.90 Å². The van der Waals surface area contributed by atoms with Crippen molar-refractivity contribution in [2.75, 3.05) is 13.6 Å². The Hall–Kier alpha value is -1.88. The van der Waals surface area contributed by atoms with Crippen molar-refractivity contribution < 1.29 is 14.7 Å². The van der Waals surface area contributed by atoms with Gasteiger partial charge in [0.05, 0.1) is 10.8 Å². The lowest BCUT2D eigenvalue weighted by atomic mass is 10.1. The van der Waals surface area contributed by atoms with Crippen molar-refractivity contribution in [1.29, 1.82) is 0 Å². The average molecular weight is 277 g/mol. The topological polar surface area (TPSA) is 57.6 Å². The monoisotopic (exact) mass is 277 g/mol.